The molecule has 0 fully saturated rings. The van der Waals surface area contributed by atoms with Crippen LogP contribution in [0.2, 0.25) is 0 Å². The highest BCUT2D eigenvalue weighted by Crippen LogP contribution is 2.29. The number of benzene rings is 1. The molecule has 0 atom stereocenters. The van der Waals surface area contributed by atoms with E-state index in [1.807, 2.05) is 0 Å². The van der Waals surface area contributed by atoms with Crippen LogP contribution in [0.25, 0.3) is 0 Å². The fourth-order valence-corrected chi connectivity index (χ4v) is 2.77. The number of hydrogen-bond acceptors (Lipinski definition) is 5. The summed E-state index contributed by atoms with van der Waals surface area (Å²) in [6.45, 7) is 2.68. The zero-order valence-electron chi connectivity index (χ0n) is 13.8. The Morgan fingerprint density at radius 3 is 2.48 bits per heavy atom. The molecule has 2 N–H and O–H groups in total. The van der Waals surface area contributed by atoms with Crippen molar-refractivity contribution in [1.82, 2.24) is 9.62 Å². The average Bonchev–Trinajstić information content (AvgIpc) is 2.46. The van der Waals surface area contributed by atoms with Gasteiger partial charge in [0.2, 0.25) is 15.9 Å². The summed E-state index contributed by atoms with van der Waals surface area (Å²) in [5.41, 5.74) is 0.421. The van der Waals surface area contributed by atoms with Gasteiger partial charge >= 0.3 is 0 Å². The molecule has 0 aromatic heterocycles. The number of anilines is 1. The minimum absolute atomic E-state index is 0. The highest BCUT2D eigenvalue weighted by Gasteiger charge is 2.23. The van der Waals surface area contributed by atoms with Crippen LogP contribution >= 0.6 is 12.4 Å². The number of amides is 1. The van der Waals surface area contributed by atoms with Crippen LogP contribution < -0.4 is 15.4 Å². The van der Waals surface area contributed by atoms with E-state index in [1.165, 1.54) is 20.2 Å². The molecule has 0 aliphatic rings. The number of nitrogens with zero attached hydrogens (tertiary/aromatic N) is 1. The molecule has 1 aromatic rings. The fraction of sp³-hybridized carbons (Fsp3) is 0.500. The van der Waals surface area contributed by atoms with Gasteiger partial charge < -0.3 is 15.4 Å². The van der Waals surface area contributed by atoms with Crippen molar-refractivity contribution < 1.29 is 17.9 Å². The number of rotatable bonds is 8. The van der Waals surface area contributed by atoms with Crippen molar-refractivity contribution in [2.45, 2.75) is 18.2 Å². The summed E-state index contributed by atoms with van der Waals surface area (Å²) in [7, 11) is 0.991. The van der Waals surface area contributed by atoms with Gasteiger partial charge in [0.15, 0.2) is 0 Å². The molecule has 0 saturated heterocycles. The summed E-state index contributed by atoms with van der Waals surface area (Å²) >= 11 is 0. The molecular formula is C14H24ClN3O4S. The second kappa shape index (κ2) is 9.71. The second-order valence-electron chi connectivity index (χ2n) is 4.78. The third kappa shape index (κ3) is 5.98. The van der Waals surface area contributed by atoms with Gasteiger partial charge in [0.25, 0.3) is 0 Å². The molecule has 0 heterocycles. The van der Waals surface area contributed by atoms with E-state index >= 15 is 0 Å². The fourth-order valence-electron chi connectivity index (χ4n) is 1.72. The first kappa shape index (κ1) is 21.6. The predicted octanol–water partition coefficient (Wildman–Crippen LogP) is 1.31. The van der Waals surface area contributed by atoms with Crippen LogP contribution in [0, 0.1) is 0 Å². The summed E-state index contributed by atoms with van der Waals surface area (Å²) in [5, 5.41) is 5.56. The van der Waals surface area contributed by atoms with E-state index in [2.05, 4.69) is 10.6 Å². The molecule has 0 aliphatic heterocycles. The van der Waals surface area contributed by atoms with Gasteiger partial charge in [-0.15, -0.1) is 12.4 Å². The molecule has 7 nitrogen and oxygen atoms in total. The maximum absolute atomic E-state index is 12.4. The normalized spacial score (nSPS) is 11.0. The minimum Gasteiger partial charge on any atom is -0.492 e. The zero-order chi connectivity index (χ0) is 16.8. The third-order valence-corrected chi connectivity index (χ3v) is 4.72. The topological polar surface area (TPSA) is 87.7 Å². The molecule has 0 aliphatic carbocycles. The number of nitrogens with one attached hydrogen (secondary N) is 2. The van der Waals surface area contributed by atoms with Gasteiger partial charge in [-0.3, -0.25) is 4.79 Å². The molecule has 1 rings (SSSR count). The van der Waals surface area contributed by atoms with Gasteiger partial charge in [-0.1, -0.05) is 0 Å². The lowest BCUT2D eigenvalue weighted by molar-refractivity contribution is -0.116. The van der Waals surface area contributed by atoms with Crippen molar-refractivity contribution in [3.05, 3.63) is 18.2 Å². The molecule has 0 radical (unpaired) electrons. The van der Waals surface area contributed by atoms with E-state index in [0.717, 1.165) is 4.31 Å². The minimum atomic E-state index is -3.66. The van der Waals surface area contributed by atoms with Gasteiger partial charge in [0.05, 0.1) is 6.61 Å². The van der Waals surface area contributed by atoms with Crippen LogP contribution in [-0.2, 0) is 14.8 Å². The van der Waals surface area contributed by atoms with Crippen LogP contribution in [0.3, 0.4) is 0 Å². The Morgan fingerprint density at radius 2 is 1.96 bits per heavy atom. The van der Waals surface area contributed by atoms with E-state index in [0.29, 0.717) is 25.3 Å². The summed E-state index contributed by atoms with van der Waals surface area (Å²) in [6.07, 6.45) is 0.305. The Balaban J connectivity index is 0.00000484. The summed E-state index contributed by atoms with van der Waals surface area (Å²) in [5.74, 6) is 0.0798. The van der Waals surface area contributed by atoms with E-state index < -0.39 is 10.0 Å². The van der Waals surface area contributed by atoms with E-state index in [9.17, 15) is 13.2 Å². The SMILES string of the molecule is CCOc1ccc(NC(=O)CCNC)cc1S(=O)(=O)N(C)C.Cl. The number of carbonyl (C=O) groups excluding carboxylic acids is 1. The third-order valence-electron chi connectivity index (χ3n) is 2.89. The van der Waals surface area contributed by atoms with Gasteiger partial charge in [0, 0.05) is 32.7 Å². The van der Waals surface area contributed by atoms with Gasteiger partial charge in [-0.25, -0.2) is 12.7 Å². The molecular weight excluding hydrogens is 342 g/mol. The first-order valence-corrected chi connectivity index (χ1v) is 8.40. The molecule has 0 saturated carbocycles. The molecule has 0 unspecified atom stereocenters. The number of ether oxygens (including phenoxy) is 1. The van der Waals surface area contributed by atoms with Crippen molar-refractivity contribution >= 4 is 34.0 Å². The first-order chi connectivity index (χ1) is 10.3. The molecule has 132 valence electrons. The smallest absolute Gasteiger partial charge is 0.246 e. The maximum Gasteiger partial charge on any atom is 0.246 e. The van der Waals surface area contributed by atoms with Gasteiger partial charge in [-0.2, -0.15) is 0 Å². The van der Waals surface area contributed by atoms with Crippen molar-refractivity contribution in [2.75, 3.05) is 39.6 Å². The molecule has 1 aromatic carbocycles. The van der Waals surface area contributed by atoms with Crippen LogP contribution in [0.15, 0.2) is 23.1 Å². The average molecular weight is 366 g/mol. The van der Waals surface area contributed by atoms with Crippen molar-refractivity contribution in [1.29, 1.82) is 0 Å². The van der Waals surface area contributed by atoms with Gasteiger partial charge in [-0.05, 0) is 32.2 Å². The standard InChI is InChI=1S/C14H23N3O4S.ClH/c1-5-21-12-7-6-11(16-14(18)8-9-15-2)10-13(12)22(19,20)17(3)4;/h6-7,10,15H,5,8-9H2,1-4H3,(H,16,18);1H. The second-order valence-corrected chi connectivity index (χ2v) is 6.90. The molecule has 0 spiro atoms. The highest BCUT2D eigenvalue weighted by atomic mass is 35.5. The molecule has 0 bridgehead atoms. The summed E-state index contributed by atoms with van der Waals surface area (Å²) in [6, 6.07) is 4.59. The van der Waals surface area contributed by atoms with E-state index in [4.69, 9.17) is 4.74 Å². The monoisotopic (exact) mass is 365 g/mol. The largest absolute Gasteiger partial charge is 0.492 e. The van der Waals surface area contributed by atoms with Crippen LogP contribution in [0.1, 0.15) is 13.3 Å². The predicted molar refractivity (Wildman–Crippen MR) is 92.9 cm³/mol. The van der Waals surface area contributed by atoms with E-state index in [1.54, 1.807) is 26.1 Å². The zero-order valence-corrected chi connectivity index (χ0v) is 15.4. The quantitative estimate of drug-likeness (QED) is 0.725. The lowest BCUT2D eigenvalue weighted by atomic mass is 10.3. The summed E-state index contributed by atoms with van der Waals surface area (Å²) < 4.78 is 31.2. The van der Waals surface area contributed by atoms with Crippen LogP contribution in [0.5, 0.6) is 5.75 Å². The molecule has 1 amide bonds. The molecule has 23 heavy (non-hydrogen) atoms. The summed E-state index contributed by atoms with van der Waals surface area (Å²) in [4.78, 5) is 11.8. The van der Waals surface area contributed by atoms with Gasteiger partial charge in [0.1, 0.15) is 10.6 Å². The maximum atomic E-state index is 12.4. The highest BCUT2D eigenvalue weighted by molar-refractivity contribution is 7.89. The Bertz CT molecular complexity index is 620. The lowest BCUT2D eigenvalue weighted by Crippen LogP contribution is -2.23. The first-order valence-electron chi connectivity index (χ1n) is 6.96. The Labute approximate surface area is 143 Å². The number of halogens is 1. The van der Waals surface area contributed by atoms with Crippen molar-refractivity contribution in [3.8, 4) is 5.75 Å². The van der Waals surface area contributed by atoms with Crippen molar-refractivity contribution in [2.24, 2.45) is 0 Å². The Hall–Kier alpha value is -1.35. The lowest BCUT2D eigenvalue weighted by Gasteiger charge is -2.16. The number of carbonyl (C=O) groups is 1. The van der Waals surface area contributed by atoms with Crippen LogP contribution in [-0.4, -0.2) is 52.9 Å². The Morgan fingerprint density at radius 1 is 1.30 bits per heavy atom. The van der Waals surface area contributed by atoms with Crippen LogP contribution in [0.4, 0.5) is 5.69 Å². The Kier molecular flexibility index (Phi) is 9.14. The number of hydrogen-bond donors (Lipinski definition) is 2. The number of sulfonamides is 1. The van der Waals surface area contributed by atoms with Crippen molar-refractivity contribution in [3.63, 3.8) is 0 Å². The van der Waals surface area contributed by atoms with E-state index in [-0.39, 0.29) is 29.0 Å². The molecule has 9 heteroatoms.